The van der Waals surface area contributed by atoms with E-state index in [9.17, 15) is 0 Å². The average Bonchev–Trinajstić information content (AvgIpc) is 2.54. The fourth-order valence-electron chi connectivity index (χ4n) is 1.02. The smallest absolute Gasteiger partial charge is 0.115 e. The summed E-state index contributed by atoms with van der Waals surface area (Å²) in [4.78, 5) is 7.84. The van der Waals surface area contributed by atoms with E-state index in [1.54, 1.807) is 23.3 Å². The van der Waals surface area contributed by atoms with E-state index >= 15 is 0 Å². The summed E-state index contributed by atoms with van der Waals surface area (Å²) < 4.78 is 1.75. The van der Waals surface area contributed by atoms with Gasteiger partial charge in [0.1, 0.15) is 6.33 Å². The minimum Gasteiger partial charge on any atom is -0.275 e. The minimum absolute atomic E-state index is 0.991. The van der Waals surface area contributed by atoms with Crippen LogP contribution in [0.4, 0.5) is 0 Å². The first kappa shape index (κ1) is 6.97. The normalized spacial score (nSPS) is 10.1. The molecule has 0 radical (unpaired) electrons. The maximum absolute atomic E-state index is 4.05. The van der Waals surface area contributed by atoms with Gasteiger partial charge in [0.2, 0.25) is 0 Å². The number of aromatic nitrogens is 4. The van der Waals surface area contributed by atoms with Crippen molar-refractivity contribution in [3.63, 3.8) is 0 Å². The Morgan fingerprint density at radius 1 is 1.08 bits per heavy atom. The molecule has 4 heteroatoms. The summed E-state index contributed by atoms with van der Waals surface area (Å²) in [6.07, 6.45) is 8.77. The Bertz CT molecular complexity index is 366. The lowest BCUT2D eigenvalue weighted by Crippen LogP contribution is -1.84. The van der Waals surface area contributed by atoms with Gasteiger partial charge < -0.3 is 0 Å². The Balaban J connectivity index is 2.45. The van der Waals surface area contributed by atoms with E-state index in [-0.39, 0.29) is 0 Å². The first-order chi connectivity index (χ1) is 5.86. The first-order valence-electron chi connectivity index (χ1n) is 3.60. The molecule has 0 aliphatic carbocycles. The molecule has 12 heavy (non-hydrogen) atoms. The van der Waals surface area contributed by atoms with Crippen LogP contribution in [0.25, 0.3) is 11.1 Å². The van der Waals surface area contributed by atoms with Crippen molar-refractivity contribution in [2.45, 2.75) is 0 Å². The van der Waals surface area contributed by atoms with Crippen molar-refractivity contribution in [1.29, 1.82) is 0 Å². The third-order valence-corrected chi connectivity index (χ3v) is 1.60. The van der Waals surface area contributed by atoms with Gasteiger partial charge in [-0.15, -0.1) is 0 Å². The van der Waals surface area contributed by atoms with Crippen molar-refractivity contribution in [2.24, 2.45) is 7.05 Å². The Hall–Kier alpha value is -1.71. The molecule has 2 aromatic heterocycles. The second-order valence-corrected chi connectivity index (χ2v) is 2.53. The number of aryl methyl sites for hydroxylation is 1. The van der Waals surface area contributed by atoms with E-state index in [2.05, 4.69) is 15.1 Å². The number of hydrogen-bond donors (Lipinski definition) is 0. The second kappa shape index (κ2) is 2.73. The third-order valence-electron chi connectivity index (χ3n) is 1.60. The Morgan fingerprint density at radius 3 is 2.42 bits per heavy atom. The maximum Gasteiger partial charge on any atom is 0.115 e. The molecule has 2 heterocycles. The van der Waals surface area contributed by atoms with E-state index in [1.807, 2.05) is 13.2 Å². The van der Waals surface area contributed by atoms with Crippen LogP contribution in [0.15, 0.2) is 31.1 Å². The van der Waals surface area contributed by atoms with Crippen molar-refractivity contribution in [3.8, 4) is 11.1 Å². The Labute approximate surface area is 69.9 Å². The lowest BCUT2D eigenvalue weighted by molar-refractivity contribution is 0.768. The van der Waals surface area contributed by atoms with Gasteiger partial charge in [-0.25, -0.2) is 9.97 Å². The van der Waals surface area contributed by atoms with Crippen molar-refractivity contribution < 1.29 is 0 Å². The standard InChI is InChI=1S/C8H8N4/c1-12-5-8(4-11-12)7-2-9-6-10-3-7/h2-6H,1H3. The lowest BCUT2D eigenvalue weighted by Gasteiger charge is -1.91. The van der Waals surface area contributed by atoms with Gasteiger partial charge in [0.15, 0.2) is 0 Å². The van der Waals surface area contributed by atoms with Crippen molar-refractivity contribution in [2.75, 3.05) is 0 Å². The fraction of sp³-hybridized carbons (Fsp3) is 0.125. The van der Waals surface area contributed by atoms with Crippen LogP contribution in [0.3, 0.4) is 0 Å². The minimum atomic E-state index is 0.991. The average molecular weight is 160 g/mol. The molecule has 60 valence electrons. The molecule has 0 spiro atoms. The summed E-state index contributed by atoms with van der Waals surface area (Å²) in [6, 6.07) is 0. The van der Waals surface area contributed by atoms with Crippen LogP contribution in [-0.4, -0.2) is 19.7 Å². The Kier molecular flexibility index (Phi) is 1.59. The summed E-state index contributed by atoms with van der Waals surface area (Å²) >= 11 is 0. The summed E-state index contributed by atoms with van der Waals surface area (Å²) in [5.41, 5.74) is 2.03. The summed E-state index contributed by atoms with van der Waals surface area (Å²) in [7, 11) is 1.88. The maximum atomic E-state index is 4.05. The molecule has 0 aromatic carbocycles. The molecular weight excluding hydrogens is 152 g/mol. The number of hydrogen-bond acceptors (Lipinski definition) is 3. The molecule has 0 fully saturated rings. The van der Waals surface area contributed by atoms with Crippen LogP contribution in [0.2, 0.25) is 0 Å². The van der Waals surface area contributed by atoms with E-state index in [1.165, 1.54) is 6.33 Å². The molecule has 2 aromatic rings. The Morgan fingerprint density at radius 2 is 1.83 bits per heavy atom. The van der Waals surface area contributed by atoms with Gasteiger partial charge in [-0.3, -0.25) is 4.68 Å². The van der Waals surface area contributed by atoms with Crippen LogP contribution in [0.5, 0.6) is 0 Å². The van der Waals surface area contributed by atoms with E-state index in [4.69, 9.17) is 0 Å². The summed E-state index contributed by atoms with van der Waals surface area (Å²) in [6.45, 7) is 0. The zero-order valence-corrected chi connectivity index (χ0v) is 6.68. The molecule has 0 atom stereocenters. The van der Waals surface area contributed by atoms with Crippen molar-refractivity contribution in [3.05, 3.63) is 31.1 Å². The quantitative estimate of drug-likeness (QED) is 0.622. The lowest BCUT2D eigenvalue weighted by atomic mass is 10.2. The fourth-order valence-corrected chi connectivity index (χ4v) is 1.02. The molecule has 0 aliphatic rings. The molecule has 0 bridgehead atoms. The highest BCUT2D eigenvalue weighted by molar-refractivity contribution is 5.58. The monoisotopic (exact) mass is 160 g/mol. The highest BCUT2D eigenvalue weighted by atomic mass is 15.2. The van der Waals surface area contributed by atoms with Crippen LogP contribution < -0.4 is 0 Å². The van der Waals surface area contributed by atoms with Crippen LogP contribution >= 0.6 is 0 Å². The first-order valence-corrected chi connectivity index (χ1v) is 3.60. The number of rotatable bonds is 1. The van der Waals surface area contributed by atoms with E-state index in [0.29, 0.717) is 0 Å². The van der Waals surface area contributed by atoms with Crippen LogP contribution in [-0.2, 0) is 7.05 Å². The molecule has 0 saturated heterocycles. The largest absolute Gasteiger partial charge is 0.275 e. The molecular formula is C8H8N4. The molecule has 0 unspecified atom stereocenters. The molecule has 0 saturated carbocycles. The molecule has 0 N–H and O–H groups in total. The second-order valence-electron chi connectivity index (χ2n) is 2.53. The van der Waals surface area contributed by atoms with Crippen molar-refractivity contribution >= 4 is 0 Å². The zero-order valence-electron chi connectivity index (χ0n) is 6.68. The predicted molar refractivity (Wildman–Crippen MR) is 44.2 cm³/mol. The topological polar surface area (TPSA) is 43.6 Å². The molecule has 2 rings (SSSR count). The molecule has 4 nitrogen and oxygen atoms in total. The predicted octanol–water partition coefficient (Wildman–Crippen LogP) is 0.877. The highest BCUT2D eigenvalue weighted by Crippen LogP contribution is 2.14. The van der Waals surface area contributed by atoms with Crippen LogP contribution in [0, 0.1) is 0 Å². The van der Waals surface area contributed by atoms with Crippen molar-refractivity contribution in [1.82, 2.24) is 19.7 Å². The van der Waals surface area contributed by atoms with Gasteiger partial charge in [0, 0.05) is 36.8 Å². The molecule has 0 aliphatic heterocycles. The number of nitrogens with zero attached hydrogens (tertiary/aromatic N) is 4. The van der Waals surface area contributed by atoms with Gasteiger partial charge in [-0.1, -0.05) is 0 Å². The SMILES string of the molecule is Cn1cc(-c2cncnc2)cn1. The van der Waals surface area contributed by atoms with Gasteiger partial charge in [-0.2, -0.15) is 5.10 Å². The van der Waals surface area contributed by atoms with Gasteiger partial charge in [-0.05, 0) is 0 Å². The zero-order chi connectivity index (χ0) is 8.39. The van der Waals surface area contributed by atoms with Crippen LogP contribution in [0.1, 0.15) is 0 Å². The van der Waals surface area contributed by atoms with E-state index < -0.39 is 0 Å². The van der Waals surface area contributed by atoms with Gasteiger partial charge in [0.25, 0.3) is 0 Å². The van der Waals surface area contributed by atoms with Gasteiger partial charge in [0.05, 0.1) is 6.20 Å². The highest BCUT2D eigenvalue weighted by Gasteiger charge is 1.98. The van der Waals surface area contributed by atoms with Gasteiger partial charge >= 0.3 is 0 Å². The molecule has 0 amide bonds. The third kappa shape index (κ3) is 1.18. The summed E-state index contributed by atoms with van der Waals surface area (Å²) in [5.74, 6) is 0. The van der Waals surface area contributed by atoms with E-state index in [0.717, 1.165) is 11.1 Å². The summed E-state index contributed by atoms with van der Waals surface area (Å²) in [5, 5.41) is 4.05.